The van der Waals surface area contributed by atoms with Crippen LogP contribution >= 0.6 is 0 Å². The van der Waals surface area contributed by atoms with Gasteiger partial charge in [0.25, 0.3) is 0 Å². The molecule has 2 aliphatic rings. The molecular weight excluding hydrogens is 326 g/mol. The van der Waals surface area contributed by atoms with Gasteiger partial charge in [0.05, 0.1) is 18.1 Å². The molecular formula is C18H18F2N4O. The molecule has 0 radical (unpaired) electrons. The van der Waals surface area contributed by atoms with E-state index < -0.39 is 17.7 Å². The number of aromatic nitrogens is 2. The van der Waals surface area contributed by atoms with E-state index in [4.69, 9.17) is 0 Å². The Kier molecular flexibility index (Phi) is 3.86. The van der Waals surface area contributed by atoms with E-state index in [0.717, 1.165) is 24.0 Å². The maximum Gasteiger partial charge on any atom is 0.246 e. The van der Waals surface area contributed by atoms with Crippen molar-refractivity contribution in [3.8, 4) is 0 Å². The Hall–Kier alpha value is -2.57. The fraction of sp³-hybridized carbons (Fsp3) is 0.389. The van der Waals surface area contributed by atoms with Gasteiger partial charge in [0.1, 0.15) is 11.6 Å². The fourth-order valence-corrected chi connectivity index (χ4v) is 3.66. The van der Waals surface area contributed by atoms with Crippen LogP contribution in [0.15, 0.2) is 29.6 Å². The molecule has 25 heavy (non-hydrogen) atoms. The summed E-state index contributed by atoms with van der Waals surface area (Å²) in [6.45, 7) is 2.68. The number of rotatable bonds is 2. The van der Waals surface area contributed by atoms with Crippen LogP contribution in [-0.2, 0) is 17.8 Å². The lowest BCUT2D eigenvalue weighted by atomic mass is 9.93. The number of hydrogen-bond donors (Lipinski definition) is 0. The normalized spacial score (nSPS) is 22.3. The van der Waals surface area contributed by atoms with Gasteiger partial charge in [-0.1, -0.05) is 0 Å². The molecule has 2 aromatic rings. The number of hydrogen-bond acceptors (Lipinski definition) is 3. The van der Waals surface area contributed by atoms with Crippen LogP contribution in [0, 0.1) is 24.5 Å². The summed E-state index contributed by atoms with van der Waals surface area (Å²) in [4.78, 5) is 17.3. The van der Waals surface area contributed by atoms with E-state index in [1.165, 1.54) is 17.1 Å². The summed E-state index contributed by atoms with van der Waals surface area (Å²) in [6, 6.07) is 2.91. The molecule has 1 amide bonds. The average molecular weight is 344 g/mol. The van der Waals surface area contributed by atoms with E-state index in [9.17, 15) is 13.6 Å². The minimum Gasteiger partial charge on any atom is -0.334 e. The maximum atomic E-state index is 13.5. The predicted octanol–water partition coefficient (Wildman–Crippen LogP) is 2.99. The van der Waals surface area contributed by atoms with Crippen molar-refractivity contribution >= 4 is 12.1 Å². The van der Waals surface area contributed by atoms with E-state index in [1.54, 1.807) is 12.5 Å². The molecule has 2 aliphatic heterocycles. The van der Waals surface area contributed by atoms with Crippen LogP contribution in [0.4, 0.5) is 8.78 Å². The highest BCUT2D eigenvalue weighted by atomic mass is 19.1. The van der Waals surface area contributed by atoms with Crippen LogP contribution < -0.4 is 0 Å². The van der Waals surface area contributed by atoms with Crippen molar-refractivity contribution in [3.05, 3.63) is 53.1 Å². The quantitative estimate of drug-likeness (QED) is 0.841. The first-order valence-corrected chi connectivity index (χ1v) is 8.35. The fourth-order valence-electron chi connectivity index (χ4n) is 3.66. The summed E-state index contributed by atoms with van der Waals surface area (Å²) in [7, 11) is 0. The van der Waals surface area contributed by atoms with Crippen molar-refractivity contribution in [2.75, 3.05) is 0 Å². The molecule has 5 nitrogen and oxygen atoms in total. The highest BCUT2D eigenvalue weighted by Gasteiger charge is 2.35. The number of amides is 1. The van der Waals surface area contributed by atoms with Gasteiger partial charge in [-0.05, 0) is 31.0 Å². The molecule has 0 unspecified atom stereocenters. The number of fused-ring (bicyclic) bond motifs is 1. The highest BCUT2D eigenvalue weighted by molar-refractivity contribution is 5.82. The van der Waals surface area contributed by atoms with Crippen molar-refractivity contribution < 1.29 is 13.6 Å². The molecule has 3 heterocycles. The molecule has 2 atom stereocenters. The lowest BCUT2D eigenvalue weighted by Gasteiger charge is -2.29. The molecule has 0 saturated carbocycles. The number of aryl methyl sites for hydroxylation is 2. The zero-order valence-electron chi connectivity index (χ0n) is 13.8. The summed E-state index contributed by atoms with van der Waals surface area (Å²) in [6.07, 6.45) is 5.21. The molecule has 1 aromatic heterocycles. The monoisotopic (exact) mass is 344 g/mol. The van der Waals surface area contributed by atoms with Crippen molar-refractivity contribution in [2.24, 2.45) is 11.0 Å². The van der Waals surface area contributed by atoms with Gasteiger partial charge in [0.15, 0.2) is 0 Å². The molecule has 130 valence electrons. The van der Waals surface area contributed by atoms with Crippen LogP contribution in [0.2, 0.25) is 0 Å². The maximum absolute atomic E-state index is 13.5. The van der Waals surface area contributed by atoms with Crippen LogP contribution in [0.5, 0.6) is 0 Å². The molecule has 0 saturated heterocycles. The molecule has 4 rings (SSSR count). The second-order valence-electron chi connectivity index (χ2n) is 6.59. The number of carbonyl (C=O) groups is 1. The van der Waals surface area contributed by atoms with Gasteiger partial charge in [0, 0.05) is 43.3 Å². The second-order valence-corrected chi connectivity index (χ2v) is 6.59. The van der Waals surface area contributed by atoms with Crippen molar-refractivity contribution in [2.45, 2.75) is 38.8 Å². The average Bonchev–Trinajstić information content (AvgIpc) is 3.20. The van der Waals surface area contributed by atoms with Gasteiger partial charge in [-0.15, -0.1) is 0 Å². The van der Waals surface area contributed by atoms with Crippen LogP contribution in [0.25, 0.3) is 0 Å². The van der Waals surface area contributed by atoms with E-state index >= 15 is 0 Å². The first-order valence-electron chi connectivity index (χ1n) is 8.35. The Morgan fingerprint density at radius 3 is 2.76 bits per heavy atom. The van der Waals surface area contributed by atoms with E-state index in [0.29, 0.717) is 24.8 Å². The molecule has 0 aliphatic carbocycles. The third-order valence-corrected chi connectivity index (χ3v) is 4.99. The number of benzene rings is 1. The predicted molar refractivity (Wildman–Crippen MR) is 87.8 cm³/mol. The lowest BCUT2D eigenvalue weighted by Crippen LogP contribution is -2.36. The Morgan fingerprint density at radius 1 is 1.24 bits per heavy atom. The molecule has 0 bridgehead atoms. The van der Waals surface area contributed by atoms with Gasteiger partial charge in [0.2, 0.25) is 5.91 Å². The lowest BCUT2D eigenvalue weighted by molar-refractivity contribution is -0.138. The van der Waals surface area contributed by atoms with Crippen molar-refractivity contribution in [3.63, 3.8) is 0 Å². The molecule has 7 heteroatoms. The SMILES string of the molecule is Cc1ncn2c1C[C@@H](C(=O)N1N=CC[C@@H]1c1cc(F)cc(F)c1)CC2. The third-order valence-electron chi connectivity index (χ3n) is 4.99. The second kappa shape index (κ2) is 6.06. The summed E-state index contributed by atoms with van der Waals surface area (Å²) < 4.78 is 29.2. The van der Waals surface area contributed by atoms with Gasteiger partial charge in [-0.2, -0.15) is 5.10 Å². The largest absolute Gasteiger partial charge is 0.334 e. The van der Waals surface area contributed by atoms with E-state index in [2.05, 4.69) is 14.7 Å². The zero-order valence-corrected chi connectivity index (χ0v) is 13.8. The number of imidazole rings is 1. The van der Waals surface area contributed by atoms with Crippen LogP contribution in [-0.4, -0.2) is 26.7 Å². The van der Waals surface area contributed by atoms with E-state index in [-0.39, 0.29) is 11.8 Å². The molecule has 0 spiro atoms. The third kappa shape index (κ3) is 2.83. The first kappa shape index (κ1) is 15.9. The summed E-state index contributed by atoms with van der Waals surface area (Å²) in [5.41, 5.74) is 2.44. The topological polar surface area (TPSA) is 50.5 Å². The van der Waals surface area contributed by atoms with Gasteiger partial charge in [-0.25, -0.2) is 18.8 Å². The highest BCUT2D eigenvalue weighted by Crippen LogP contribution is 2.33. The van der Waals surface area contributed by atoms with E-state index in [1.807, 2.05) is 6.92 Å². The molecule has 1 aromatic carbocycles. The van der Waals surface area contributed by atoms with Crippen LogP contribution in [0.1, 0.15) is 35.8 Å². The summed E-state index contributed by atoms with van der Waals surface area (Å²) in [5, 5.41) is 5.57. The molecule has 0 fully saturated rings. The summed E-state index contributed by atoms with van der Waals surface area (Å²) >= 11 is 0. The van der Waals surface area contributed by atoms with Crippen LogP contribution in [0.3, 0.4) is 0 Å². The number of nitrogens with zero attached hydrogens (tertiary/aromatic N) is 4. The summed E-state index contributed by atoms with van der Waals surface area (Å²) in [5.74, 6) is -1.59. The van der Waals surface area contributed by atoms with Gasteiger partial charge < -0.3 is 4.57 Å². The number of carbonyl (C=O) groups excluding carboxylic acids is 1. The number of halogens is 2. The van der Waals surface area contributed by atoms with Gasteiger partial charge in [-0.3, -0.25) is 4.79 Å². The number of hydrazone groups is 1. The minimum absolute atomic E-state index is 0.102. The first-order chi connectivity index (χ1) is 12.0. The zero-order chi connectivity index (χ0) is 17.6. The van der Waals surface area contributed by atoms with Crippen molar-refractivity contribution in [1.82, 2.24) is 14.6 Å². The van der Waals surface area contributed by atoms with Crippen molar-refractivity contribution in [1.29, 1.82) is 0 Å². The van der Waals surface area contributed by atoms with Gasteiger partial charge >= 0.3 is 0 Å². The standard InChI is InChI=1S/C18H18F2N4O/c1-11-17-8-12(3-5-23(17)10-21-11)18(25)24-16(2-4-22-24)13-6-14(19)9-15(20)7-13/h4,6-7,9-10,12,16H,2-3,5,8H2,1H3/t12-,16+/m0/s1. The Labute approximate surface area is 144 Å². The molecule has 0 N–H and O–H groups in total. The smallest absolute Gasteiger partial charge is 0.246 e. The Balaban J connectivity index is 1.57. The Morgan fingerprint density at radius 2 is 2.00 bits per heavy atom. The Bertz CT molecular complexity index is 841. The minimum atomic E-state index is -0.647.